The second-order valence-electron chi connectivity index (χ2n) is 6.16. The maximum absolute atomic E-state index is 12.3. The summed E-state index contributed by atoms with van der Waals surface area (Å²) >= 11 is 5.34. The Morgan fingerprint density at radius 3 is 2.50 bits per heavy atom. The van der Waals surface area contributed by atoms with Gasteiger partial charge in [-0.3, -0.25) is 14.3 Å². The first-order valence-electron chi connectivity index (χ1n) is 8.14. The zero-order chi connectivity index (χ0) is 19.3. The Balaban J connectivity index is 2.31. The Kier molecular flexibility index (Phi) is 6.53. The molecule has 0 bridgehead atoms. The van der Waals surface area contributed by atoms with E-state index in [-0.39, 0.29) is 18.1 Å². The fourth-order valence-electron chi connectivity index (χ4n) is 2.43. The van der Waals surface area contributed by atoms with Crippen molar-refractivity contribution in [2.24, 2.45) is 0 Å². The number of thiocarbonyl (C=S) groups is 1. The van der Waals surface area contributed by atoms with E-state index in [1.807, 2.05) is 49.3 Å². The number of nitrogens with one attached hydrogen (secondary N) is 2. The van der Waals surface area contributed by atoms with Crippen LogP contribution in [-0.4, -0.2) is 53.8 Å². The lowest BCUT2D eigenvalue weighted by Crippen LogP contribution is -2.44. The van der Waals surface area contributed by atoms with Crippen molar-refractivity contribution in [1.82, 2.24) is 19.8 Å². The van der Waals surface area contributed by atoms with Gasteiger partial charge in [0.2, 0.25) is 0 Å². The van der Waals surface area contributed by atoms with Gasteiger partial charge in [0.15, 0.2) is 5.11 Å². The lowest BCUT2D eigenvalue weighted by molar-refractivity contribution is 0.413. The molecule has 0 amide bonds. The molecule has 8 nitrogen and oxygen atoms in total. The number of nitrogen functional groups attached to an aromatic ring is 1. The van der Waals surface area contributed by atoms with Gasteiger partial charge in [0, 0.05) is 20.1 Å². The monoisotopic (exact) mass is 376 g/mol. The molecule has 2 rings (SSSR count). The quantitative estimate of drug-likeness (QED) is 0.612. The predicted octanol–water partition coefficient (Wildman–Crippen LogP) is 0.0394. The van der Waals surface area contributed by atoms with Crippen LogP contribution in [0.1, 0.15) is 5.56 Å². The van der Waals surface area contributed by atoms with Gasteiger partial charge in [-0.25, -0.2) is 4.79 Å². The largest absolute Gasteiger partial charge is 0.383 e. The normalized spacial score (nSPS) is 10.8. The third-order valence-electron chi connectivity index (χ3n) is 3.87. The fourth-order valence-corrected chi connectivity index (χ4v) is 2.62. The van der Waals surface area contributed by atoms with E-state index in [1.54, 1.807) is 7.05 Å². The van der Waals surface area contributed by atoms with E-state index in [4.69, 9.17) is 18.0 Å². The average Bonchev–Trinajstić information content (AvgIpc) is 2.58. The maximum Gasteiger partial charge on any atom is 0.330 e. The van der Waals surface area contributed by atoms with E-state index >= 15 is 0 Å². The van der Waals surface area contributed by atoms with Crippen LogP contribution in [-0.2, 0) is 6.54 Å². The summed E-state index contributed by atoms with van der Waals surface area (Å²) in [6.45, 7) is 1.66. The molecule has 0 aliphatic heterocycles. The van der Waals surface area contributed by atoms with Crippen molar-refractivity contribution in [3.8, 4) is 0 Å². The first-order valence-corrected chi connectivity index (χ1v) is 8.55. The molecule has 1 aromatic heterocycles. The average molecular weight is 376 g/mol. The van der Waals surface area contributed by atoms with Crippen LogP contribution in [0.15, 0.2) is 39.9 Å². The zero-order valence-electron chi connectivity index (χ0n) is 15.2. The van der Waals surface area contributed by atoms with Gasteiger partial charge in [0.1, 0.15) is 11.5 Å². The highest BCUT2D eigenvalue weighted by molar-refractivity contribution is 7.80. The van der Waals surface area contributed by atoms with E-state index < -0.39 is 11.2 Å². The summed E-state index contributed by atoms with van der Waals surface area (Å²) in [6.07, 6.45) is 0. The smallest absolute Gasteiger partial charge is 0.330 e. The van der Waals surface area contributed by atoms with Crippen molar-refractivity contribution in [3.63, 3.8) is 0 Å². The van der Waals surface area contributed by atoms with E-state index in [1.165, 1.54) is 9.47 Å². The van der Waals surface area contributed by atoms with Crippen molar-refractivity contribution in [2.45, 2.75) is 6.54 Å². The number of hydrogen-bond donors (Lipinski definition) is 3. The van der Waals surface area contributed by atoms with Crippen molar-refractivity contribution in [1.29, 1.82) is 0 Å². The molecule has 0 atom stereocenters. The third-order valence-corrected chi connectivity index (χ3v) is 4.29. The van der Waals surface area contributed by atoms with Gasteiger partial charge in [-0.15, -0.1) is 0 Å². The van der Waals surface area contributed by atoms with Crippen LogP contribution in [0.5, 0.6) is 0 Å². The van der Waals surface area contributed by atoms with Crippen molar-refractivity contribution >= 4 is 28.8 Å². The summed E-state index contributed by atoms with van der Waals surface area (Å²) in [5, 5.41) is 3.43. The highest BCUT2D eigenvalue weighted by Crippen LogP contribution is 2.16. The second-order valence-corrected chi connectivity index (χ2v) is 6.55. The summed E-state index contributed by atoms with van der Waals surface area (Å²) in [5.74, 6) is 0.0712. The standard InChI is InChI=1S/C17H24N6O2S/c1-21(2)10-9-19-17(26)22(3)13-14(18)23(16(25)20-15(13)24)11-12-7-5-4-6-8-12/h4-8H,9-11,18H2,1-3H3,(H,19,26)(H,20,24,25). The molecule has 0 fully saturated rings. The van der Waals surface area contributed by atoms with Gasteiger partial charge in [-0.05, 0) is 31.9 Å². The number of aromatic nitrogens is 2. The third kappa shape index (κ3) is 4.70. The number of benzene rings is 1. The van der Waals surface area contributed by atoms with E-state index in [9.17, 15) is 9.59 Å². The number of likely N-dealkylation sites (N-methyl/N-ethyl adjacent to an activating group) is 1. The molecule has 0 aliphatic rings. The Labute approximate surface area is 157 Å². The number of H-pyrrole nitrogens is 1. The zero-order valence-corrected chi connectivity index (χ0v) is 16.0. The molecule has 1 heterocycles. The minimum absolute atomic E-state index is 0.0712. The molecule has 2 aromatic rings. The van der Waals surface area contributed by atoms with E-state index in [0.29, 0.717) is 11.7 Å². The number of anilines is 2. The molecule has 0 saturated carbocycles. The van der Waals surface area contributed by atoms with Gasteiger partial charge < -0.3 is 20.9 Å². The fraction of sp³-hybridized carbons (Fsp3) is 0.353. The molecular formula is C17H24N6O2S. The lowest BCUT2D eigenvalue weighted by Gasteiger charge is -2.23. The van der Waals surface area contributed by atoms with Crippen LogP contribution in [0.2, 0.25) is 0 Å². The second kappa shape index (κ2) is 8.63. The lowest BCUT2D eigenvalue weighted by atomic mass is 10.2. The van der Waals surface area contributed by atoms with Crippen LogP contribution >= 0.6 is 12.2 Å². The van der Waals surface area contributed by atoms with Crippen LogP contribution in [0, 0.1) is 0 Å². The van der Waals surface area contributed by atoms with Gasteiger partial charge in [-0.1, -0.05) is 30.3 Å². The number of nitrogens with two attached hydrogens (primary N) is 1. The van der Waals surface area contributed by atoms with Gasteiger partial charge in [0.05, 0.1) is 6.54 Å². The summed E-state index contributed by atoms with van der Waals surface area (Å²) in [5.41, 5.74) is 6.06. The minimum atomic E-state index is -0.573. The Bertz CT molecular complexity index is 875. The summed E-state index contributed by atoms with van der Waals surface area (Å²) in [6, 6.07) is 9.40. The van der Waals surface area contributed by atoms with Crippen LogP contribution in [0.3, 0.4) is 0 Å². The minimum Gasteiger partial charge on any atom is -0.383 e. The molecule has 1 aromatic carbocycles. The first kappa shape index (κ1) is 19.7. The SMILES string of the molecule is CN(C)CCNC(=S)N(C)c1c(N)n(Cc2ccccc2)c(=O)[nH]c1=O. The first-order chi connectivity index (χ1) is 12.3. The molecule has 26 heavy (non-hydrogen) atoms. The Morgan fingerprint density at radius 1 is 1.23 bits per heavy atom. The van der Waals surface area contributed by atoms with E-state index in [0.717, 1.165) is 12.1 Å². The van der Waals surface area contributed by atoms with E-state index in [2.05, 4.69) is 10.3 Å². The molecule has 4 N–H and O–H groups in total. The maximum atomic E-state index is 12.3. The summed E-state index contributed by atoms with van der Waals surface area (Å²) < 4.78 is 1.32. The van der Waals surface area contributed by atoms with Crippen molar-refractivity contribution in [2.75, 3.05) is 44.9 Å². The molecule has 0 aliphatic carbocycles. The van der Waals surface area contributed by atoms with Crippen LogP contribution in [0.4, 0.5) is 11.5 Å². The molecular weight excluding hydrogens is 352 g/mol. The van der Waals surface area contributed by atoms with Crippen molar-refractivity contribution < 1.29 is 0 Å². The number of rotatable bonds is 6. The number of nitrogens with zero attached hydrogens (tertiary/aromatic N) is 3. The molecule has 0 saturated heterocycles. The molecule has 0 spiro atoms. The Hall–Kier alpha value is -2.65. The Morgan fingerprint density at radius 2 is 1.88 bits per heavy atom. The summed E-state index contributed by atoms with van der Waals surface area (Å²) in [7, 11) is 5.55. The summed E-state index contributed by atoms with van der Waals surface area (Å²) in [4.78, 5) is 30.3. The molecule has 0 radical (unpaired) electrons. The highest BCUT2D eigenvalue weighted by Gasteiger charge is 2.19. The van der Waals surface area contributed by atoms with Gasteiger partial charge >= 0.3 is 5.69 Å². The molecule has 9 heteroatoms. The number of hydrogen-bond acceptors (Lipinski definition) is 5. The predicted molar refractivity (Wildman–Crippen MR) is 109 cm³/mol. The topological polar surface area (TPSA) is 99.4 Å². The van der Waals surface area contributed by atoms with Crippen LogP contribution in [0.25, 0.3) is 0 Å². The molecule has 0 unspecified atom stereocenters. The van der Waals surface area contributed by atoms with Crippen LogP contribution < -0.4 is 27.2 Å². The highest BCUT2D eigenvalue weighted by atomic mass is 32.1. The van der Waals surface area contributed by atoms with Crippen molar-refractivity contribution in [3.05, 3.63) is 56.7 Å². The van der Waals surface area contributed by atoms with Gasteiger partial charge in [-0.2, -0.15) is 0 Å². The van der Waals surface area contributed by atoms with Gasteiger partial charge in [0.25, 0.3) is 5.56 Å². The molecule has 140 valence electrons. The number of aromatic amines is 1.